The number of benzene rings is 1. The van der Waals surface area contributed by atoms with Gasteiger partial charge in [0.15, 0.2) is 5.56 Å². The smallest absolute Gasteiger partial charge is 0.332 e. The summed E-state index contributed by atoms with van der Waals surface area (Å²) in [5, 5.41) is 9.41. The number of likely N-dealkylation sites (N-methyl/N-ethyl adjacent to an activating group) is 1. The summed E-state index contributed by atoms with van der Waals surface area (Å²) in [5.74, 6) is 0.382. The molecule has 124 valence electrons. The van der Waals surface area contributed by atoms with Gasteiger partial charge < -0.3 is 4.90 Å². The molecule has 0 spiro atoms. The highest BCUT2D eigenvalue weighted by Crippen LogP contribution is 2.48. The van der Waals surface area contributed by atoms with Gasteiger partial charge in [0.1, 0.15) is 11.9 Å². The van der Waals surface area contributed by atoms with Gasteiger partial charge in [-0.3, -0.25) is 13.9 Å². The van der Waals surface area contributed by atoms with Gasteiger partial charge in [0, 0.05) is 33.1 Å². The lowest BCUT2D eigenvalue weighted by atomic mass is 9.95. The molecule has 6 heteroatoms. The first-order valence-electron chi connectivity index (χ1n) is 7.88. The van der Waals surface area contributed by atoms with Gasteiger partial charge in [-0.1, -0.05) is 30.3 Å². The van der Waals surface area contributed by atoms with Crippen LogP contribution in [0.5, 0.6) is 0 Å². The fraction of sp³-hybridized carbons (Fsp3) is 0.389. The first kappa shape index (κ1) is 16.1. The topological polar surface area (TPSA) is 71.0 Å². The van der Waals surface area contributed by atoms with Gasteiger partial charge in [0.25, 0.3) is 5.56 Å². The van der Waals surface area contributed by atoms with E-state index in [1.54, 1.807) is 7.05 Å². The van der Waals surface area contributed by atoms with E-state index in [0.29, 0.717) is 12.4 Å². The van der Waals surface area contributed by atoms with E-state index in [1.807, 2.05) is 36.2 Å². The molecule has 1 aliphatic rings. The van der Waals surface area contributed by atoms with E-state index >= 15 is 0 Å². The third-order valence-electron chi connectivity index (χ3n) is 4.89. The maximum atomic E-state index is 12.2. The van der Waals surface area contributed by atoms with Crippen LogP contribution >= 0.6 is 0 Å². The van der Waals surface area contributed by atoms with Crippen molar-refractivity contribution in [2.45, 2.75) is 18.3 Å². The third-order valence-corrected chi connectivity index (χ3v) is 4.89. The van der Waals surface area contributed by atoms with Crippen LogP contribution in [0.25, 0.3) is 0 Å². The Morgan fingerprint density at radius 1 is 1.17 bits per heavy atom. The zero-order valence-corrected chi connectivity index (χ0v) is 14.1. The van der Waals surface area contributed by atoms with Crippen molar-refractivity contribution in [1.82, 2.24) is 9.13 Å². The van der Waals surface area contributed by atoms with Gasteiger partial charge in [0.05, 0.1) is 0 Å². The minimum Gasteiger partial charge on any atom is -0.359 e. The largest absolute Gasteiger partial charge is 0.359 e. The highest BCUT2D eigenvalue weighted by molar-refractivity contribution is 5.54. The quantitative estimate of drug-likeness (QED) is 0.845. The first-order chi connectivity index (χ1) is 11.4. The van der Waals surface area contributed by atoms with Crippen LogP contribution in [0.2, 0.25) is 0 Å². The molecule has 0 amide bonds. The summed E-state index contributed by atoms with van der Waals surface area (Å²) in [6.07, 6.45) is 2.12. The molecule has 1 aromatic carbocycles. The number of aromatic nitrogens is 2. The Kier molecular flexibility index (Phi) is 3.80. The van der Waals surface area contributed by atoms with Crippen LogP contribution in [0.1, 0.15) is 24.0 Å². The van der Waals surface area contributed by atoms with Gasteiger partial charge in [-0.05, 0) is 18.4 Å². The number of hydrogen-bond donors (Lipinski definition) is 0. The zero-order valence-electron chi connectivity index (χ0n) is 14.1. The lowest BCUT2D eigenvalue weighted by Crippen LogP contribution is -2.43. The van der Waals surface area contributed by atoms with Crippen LogP contribution in [0, 0.1) is 11.3 Å². The predicted octanol–water partition coefficient (Wildman–Crippen LogP) is 1.12. The van der Waals surface area contributed by atoms with Gasteiger partial charge in [-0.2, -0.15) is 5.26 Å². The van der Waals surface area contributed by atoms with E-state index in [2.05, 4.69) is 12.1 Å². The van der Waals surface area contributed by atoms with Crippen molar-refractivity contribution >= 4 is 5.82 Å². The van der Waals surface area contributed by atoms with Gasteiger partial charge in [0.2, 0.25) is 0 Å². The average Bonchev–Trinajstić information content (AvgIpc) is 3.37. The minimum absolute atomic E-state index is 0.00552. The van der Waals surface area contributed by atoms with Crippen LogP contribution in [-0.4, -0.2) is 22.7 Å². The van der Waals surface area contributed by atoms with E-state index in [0.717, 1.165) is 17.4 Å². The highest BCUT2D eigenvalue weighted by Gasteiger charge is 2.45. The first-order valence-corrected chi connectivity index (χ1v) is 7.88. The monoisotopic (exact) mass is 324 g/mol. The molecule has 0 aliphatic heterocycles. The van der Waals surface area contributed by atoms with Crippen molar-refractivity contribution in [3.05, 3.63) is 62.3 Å². The van der Waals surface area contributed by atoms with Gasteiger partial charge >= 0.3 is 5.69 Å². The number of nitriles is 1. The van der Waals surface area contributed by atoms with Crippen LogP contribution < -0.4 is 16.1 Å². The second-order valence-corrected chi connectivity index (χ2v) is 6.52. The van der Waals surface area contributed by atoms with Gasteiger partial charge in [-0.25, -0.2) is 4.79 Å². The lowest BCUT2D eigenvalue weighted by Gasteiger charge is -2.28. The summed E-state index contributed by atoms with van der Waals surface area (Å²) in [6.45, 7) is 0.659. The zero-order chi connectivity index (χ0) is 17.5. The van der Waals surface area contributed by atoms with Crippen molar-refractivity contribution < 1.29 is 0 Å². The molecule has 1 aliphatic carbocycles. The molecule has 0 saturated heterocycles. The minimum atomic E-state index is -0.549. The molecule has 1 saturated carbocycles. The molecule has 1 aromatic heterocycles. The summed E-state index contributed by atoms with van der Waals surface area (Å²) in [7, 11) is 4.82. The maximum Gasteiger partial charge on any atom is 0.332 e. The standard InChI is InChI=1S/C18H20N4O2/c1-20(12-18(9-10-18)13-7-5-4-6-8-13)15-14(11-19)16(23)22(3)17(24)21(15)2/h4-8H,9-10,12H2,1-3H3. The van der Waals surface area contributed by atoms with Crippen molar-refractivity contribution in [3.8, 4) is 6.07 Å². The lowest BCUT2D eigenvalue weighted by molar-refractivity contribution is 0.628. The Labute approximate surface area is 140 Å². The van der Waals surface area contributed by atoms with E-state index in [-0.39, 0.29) is 11.0 Å². The number of hydrogen-bond acceptors (Lipinski definition) is 4. The second kappa shape index (κ2) is 5.68. The normalized spacial score (nSPS) is 14.9. The molecule has 6 nitrogen and oxygen atoms in total. The molecule has 0 unspecified atom stereocenters. The molecule has 0 radical (unpaired) electrons. The Morgan fingerprint density at radius 3 is 2.33 bits per heavy atom. The molecule has 0 atom stereocenters. The Morgan fingerprint density at radius 2 is 1.79 bits per heavy atom. The molecule has 0 bridgehead atoms. The predicted molar refractivity (Wildman–Crippen MR) is 92.3 cm³/mol. The molecule has 0 N–H and O–H groups in total. The average molecular weight is 324 g/mol. The van der Waals surface area contributed by atoms with E-state index in [9.17, 15) is 14.9 Å². The number of nitrogens with zero attached hydrogens (tertiary/aromatic N) is 4. The second-order valence-electron chi connectivity index (χ2n) is 6.52. The summed E-state index contributed by atoms with van der Waals surface area (Å²) >= 11 is 0. The Balaban J connectivity index is 2.04. The Bertz CT molecular complexity index is 930. The van der Waals surface area contributed by atoms with Crippen molar-refractivity contribution in [1.29, 1.82) is 5.26 Å². The highest BCUT2D eigenvalue weighted by atomic mass is 16.2. The molecule has 1 heterocycles. The molecule has 1 fully saturated rings. The fourth-order valence-corrected chi connectivity index (χ4v) is 3.39. The van der Waals surface area contributed by atoms with Gasteiger partial charge in [-0.15, -0.1) is 0 Å². The number of anilines is 1. The molecule has 3 rings (SSSR count). The van der Waals surface area contributed by atoms with Crippen LogP contribution in [0.4, 0.5) is 5.82 Å². The molecule has 24 heavy (non-hydrogen) atoms. The summed E-state index contributed by atoms with van der Waals surface area (Å²) in [4.78, 5) is 26.3. The molecular formula is C18H20N4O2. The van der Waals surface area contributed by atoms with Crippen LogP contribution in [-0.2, 0) is 19.5 Å². The van der Waals surface area contributed by atoms with E-state index < -0.39 is 11.2 Å². The third kappa shape index (κ3) is 2.42. The number of rotatable bonds is 4. The summed E-state index contributed by atoms with van der Waals surface area (Å²) < 4.78 is 2.35. The summed E-state index contributed by atoms with van der Waals surface area (Å²) in [6, 6.07) is 12.2. The Hall–Kier alpha value is -2.81. The SMILES string of the molecule is CN(CC1(c2ccccc2)CC1)c1c(C#N)c(=O)n(C)c(=O)n1C. The maximum absolute atomic E-state index is 12.2. The van der Waals surface area contributed by atoms with Crippen LogP contribution in [0.15, 0.2) is 39.9 Å². The van der Waals surface area contributed by atoms with E-state index in [4.69, 9.17) is 0 Å². The van der Waals surface area contributed by atoms with Crippen molar-refractivity contribution in [2.24, 2.45) is 14.1 Å². The molecule has 2 aromatic rings. The van der Waals surface area contributed by atoms with E-state index in [1.165, 1.54) is 17.2 Å². The summed E-state index contributed by atoms with van der Waals surface area (Å²) in [5.41, 5.74) is 0.312. The van der Waals surface area contributed by atoms with Crippen molar-refractivity contribution in [2.75, 3.05) is 18.5 Å². The molecular weight excluding hydrogens is 304 g/mol. The van der Waals surface area contributed by atoms with Crippen LogP contribution in [0.3, 0.4) is 0 Å². The fourth-order valence-electron chi connectivity index (χ4n) is 3.39. The van der Waals surface area contributed by atoms with Crippen molar-refractivity contribution in [3.63, 3.8) is 0 Å².